The van der Waals surface area contributed by atoms with Crippen LogP contribution >= 0.6 is 0 Å². The molecule has 1 amide bonds. The van der Waals surface area contributed by atoms with Gasteiger partial charge in [0.15, 0.2) is 0 Å². The van der Waals surface area contributed by atoms with Crippen molar-refractivity contribution >= 4 is 5.91 Å². The highest BCUT2D eigenvalue weighted by Crippen LogP contribution is 1.97. The molecule has 0 unspecified atom stereocenters. The normalized spacial score (nSPS) is 9.58. The highest BCUT2D eigenvalue weighted by atomic mass is 16.2. The third-order valence-corrected chi connectivity index (χ3v) is 1.51. The summed E-state index contributed by atoms with van der Waals surface area (Å²) in [5.41, 5.74) is 0. The first-order valence-corrected chi connectivity index (χ1v) is 3.98. The van der Waals surface area contributed by atoms with Crippen molar-refractivity contribution < 1.29 is 4.79 Å². The maximum Gasteiger partial charge on any atom is 0.236 e. The van der Waals surface area contributed by atoms with Crippen molar-refractivity contribution in [1.82, 2.24) is 10.0 Å². The molecule has 0 N–H and O–H groups in total. The second kappa shape index (κ2) is 5.56. The van der Waals surface area contributed by atoms with Gasteiger partial charge in [-0.1, -0.05) is 6.92 Å². The molecule has 0 heterocycles. The highest BCUT2D eigenvalue weighted by molar-refractivity contribution is 5.75. The van der Waals surface area contributed by atoms with Crippen molar-refractivity contribution in [2.24, 2.45) is 0 Å². The molecule has 4 heteroatoms. The number of carbonyl (C=O) groups is 1. The van der Waals surface area contributed by atoms with E-state index >= 15 is 0 Å². The number of hydrogen-bond acceptors (Lipinski definition) is 3. The molecule has 0 saturated heterocycles. The first-order valence-electron chi connectivity index (χ1n) is 3.98. The summed E-state index contributed by atoms with van der Waals surface area (Å²) in [4.78, 5) is 11.2. The first-order chi connectivity index (χ1) is 5.63. The lowest BCUT2D eigenvalue weighted by molar-refractivity contribution is -0.144. The lowest BCUT2D eigenvalue weighted by Crippen LogP contribution is -2.42. The molecule has 0 aromatic rings. The Morgan fingerprint density at radius 2 is 2.08 bits per heavy atom. The summed E-state index contributed by atoms with van der Waals surface area (Å²) >= 11 is 0. The second-order valence-corrected chi connectivity index (χ2v) is 2.63. The van der Waals surface area contributed by atoms with E-state index in [2.05, 4.69) is 0 Å². The van der Waals surface area contributed by atoms with Gasteiger partial charge in [-0.25, -0.2) is 5.01 Å². The Hall–Kier alpha value is -1.08. The first kappa shape index (κ1) is 10.9. The molecule has 0 aliphatic heterocycles. The van der Waals surface area contributed by atoms with E-state index in [1.54, 1.807) is 24.1 Å². The van der Waals surface area contributed by atoms with Crippen molar-refractivity contribution in [1.29, 1.82) is 5.26 Å². The zero-order chi connectivity index (χ0) is 9.56. The van der Waals surface area contributed by atoms with Gasteiger partial charge in [-0.3, -0.25) is 9.80 Å². The number of hydrogen-bond donors (Lipinski definition) is 0. The number of carbonyl (C=O) groups excluding carboxylic acids is 1. The Kier molecular flexibility index (Phi) is 5.06. The number of hydrazine groups is 1. The molecule has 0 spiro atoms. The van der Waals surface area contributed by atoms with Gasteiger partial charge >= 0.3 is 0 Å². The Labute approximate surface area is 73.3 Å². The molecule has 12 heavy (non-hydrogen) atoms. The molecule has 0 aromatic carbocycles. The van der Waals surface area contributed by atoms with Crippen LogP contribution in [0.4, 0.5) is 0 Å². The van der Waals surface area contributed by atoms with Gasteiger partial charge in [0, 0.05) is 20.5 Å². The van der Waals surface area contributed by atoms with Gasteiger partial charge in [-0.05, 0) is 0 Å². The van der Waals surface area contributed by atoms with Gasteiger partial charge in [-0.15, -0.1) is 0 Å². The van der Waals surface area contributed by atoms with Gasteiger partial charge in [0.25, 0.3) is 0 Å². The van der Waals surface area contributed by atoms with Crippen LogP contribution in [-0.2, 0) is 4.79 Å². The molecule has 0 bridgehead atoms. The average molecular weight is 169 g/mol. The van der Waals surface area contributed by atoms with Crippen LogP contribution < -0.4 is 0 Å². The second-order valence-electron chi connectivity index (χ2n) is 2.63. The molecule has 0 saturated carbocycles. The molecule has 4 nitrogen and oxygen atoms in total. The Morgan fingerprint density at radius 1 is 1.50 bits per heavy atom. The van der Waals surface area contributed by atoms with Crippen molar-refractivity contribution in [2.75, 3.05) is 20.6 Å². The monoisotopic (exact) mass is 169 g/mol. The summed E-state index contributed by atoms with van der Waals surface area (Å²) in [6.07, 6.45) is 0.855. The minimum absolute atomic E-state index is 0.0512. The van der Waals surface area contributed by atoms with E-state index in [0.29, 0.717) is 19.4 Å². The van der Waals surface area contributed by atoms with Gasteiger partial charge in [-0.2, -0.15) is 5.26 Å². The van der Waals surface area contributed by atoms with Crippen LogP contribution in [0.25, 0.3) is 0 Å². The predicted octanol–water partition coefficient (Wildman–Crippen LogP) is 0.615. The van der Waals surface area contributed by atoms with Gasteiger partial charge in [0.05, 0.1) is 19.0 Å². The van der Waals surface area contributed by atoms with E-state index in [1.807, 2.05) is 13.0 Å². The van der Waals surface area contributed by atoms with Crippen LogP contribution in [0.3, 0.4) is 0 Å². The van der Waals surface area contributed by atoms with Crippen molar-refractivity contribution in [3.63, 3.8) is 0 Å². The van der Waals surface area contributed by atoms with E-state index in [1.165, 1.54) is 0 Å². The van der Waals surface area contributed by atoms with Crippen LogP contribution in [0.2, 0.25) is 0 Å². The lowest BCUT2D eigenvalue weighted by Gasteiger charge is -2.27. The summed E-state index contributed by atoms with van der Waals surface area (Å²) < 4.78 is 0. The summed E-state index contributed by atoms with van der Waals surface area (Å²) in [5, 5.41) is 11.6. The quantitative estimate of drug-likeness (QED) is 0.579. The third kappa shape index (κ3) is 3.35. The fraction of sp³-hybridized carbons (Fsp3) is 0.750. The Balaban J connectivity index is 4.06. The Morgan fingerprint density at radius 3 is 2.42 bits per heavy atom. The van der Waals surface area contributed by atoms with Crippen LogP contribution in [0.15, 0.2) is 0 Å². The van der Waals surface area contributed by atoms with E-state index in [4.69, 9.17) is 5.26 Å². The van der Waals surface area contributed by atoms with E-state index in [0.717, 1.165) is 0 Å². The van der Waals surface area contributed by atoms with Crippen LogP contribution in [0, 0.1) is 11.3 Å². The largest absolute Gasteiger partial charge is 0.275 e. The van der Waals surface area contributed by atoms with Gasteiger partial charge < -0.3 is 0 Å². The number of nitriles is 1. The topological polar surface area (TPSA) is 47.3 Å². The van der Waals surface area contributed by atoms with Crippen LogP contribution in [-0.4, -0.2) is 36.6 Å². The molecule has 0 fully saturated rings. The van der Waals surface area contributed by atoms with Crippen molar-refractivity contribution in [3.05, 3.63) is 0 Å². The maximum atomic E-state index is 11.2. The van der Waals surface area contributed by atoms with Gasteiger partial charge in [0.2, 0.25) is 5.91 Å². The summed E-state index contributed by atoms with van der Waals surface area (Å²) in [6.45, 7) is 2.29. The SMILES string of the molecule is CCC(=O)N(CCC#N)N(C)C. The standard InChI is InChI=1S/C8H15N3O/c1-4-8(12)11(10(2)3)7-5-6-9/h4-5,7H2,1-3H3. The molecular weight excluding hydrogens is 154 g/mol. The molecule has 0 aliphatic carbocycles. The summed E-state index contributed by atoms with van der Waals surface area (Å²) in [6, 6.07) is 2.01. The Bertz CT molecular complexity index is 183. The zero-order valence-electron chi connectivity index (χ0n) is 7.87. The molecule has 0 radical (unpaired) electrons. The van der Waals surface area contributed by atoms with E-state index in [9.17, 15) is 4.79 Å². The molecular formula is C8H15N3O. The third-order valence-electron chi connectivity index (χ3n) is 1.51. The number of amides is 1. The predicted molar refractivity (Wildman–Crippen MR) is 45.9 cm³/mol. The van der Waals surface area contributed by atoms with Gasteiger partial charge in [0.1, 0.15) is 0 Å². The lowest BCUT2D eigenvalue weighted by atomic mass is 10.4. The molecule has 68 valence electrons. The van der Waals surface area contributed by atoms with E-state index < -0.39 is 0 Å². The molecule has 0 aromatic heterocycles. The zero-order valence-corrected chi connectivity index (χ0v) is 7.87. The molecule has 0 rings (SSSR count). The number of rotatable bonds is 4. The summed E-state index contributed by atoms with van der Waals surface area (Å²) in [7, 11) is 3.59. The number of nitrogens with zero attached hydrogens (tertiary/aromatic N) is 3. The van der Waals surface area contributed by atoms with E-state index in [-0.39, 0.29) is 5.91 Å². The minimum atomic E-state index is 0.0512. The fourth-order valence-electron chi connectivity index (χ4n) is 0.886. The van der Waals surface area contributed by atoms with Crippen molar-refractivity contribution in [3.8, 4) is 6.07 Å². The average Bonchev–Trinajstić information content (AvgIpc) is 2.04. The van der Waals surface area contributed by atoms with Crippen LogP contribution in [0.1, 0.15) is 19.8 Å². The van der Waals surface area contributed by atoms with Crippen molar-refractivity contribution in [2.45, 2.75) is 19.8 Å². The van der Waals surface area contributed by atoms with Crippen LogP contribution in [0.5, 0.6) is 0 Å². The fourth-order valence-corrected chi connectivity index (χ4v) is 0.886. The maximum absolute atomic E-state index is 11.2. The molecule has 0 aliphatic rings. The highest BCUT2D eigenvalue weighted by Gasteiger charge is 2.12. The molecule has 0 atom stereocenters. The smallest absolute Gasteiger partial charge is 0.236 e. The minimum Gasteiger partial charge on any atom is -0.275 e. The summed E-state index contributed by atoms with van der Waals surface area (Å²) in [5.74, 6) is 0.0512.